The first-order valence-corrected chi connectivity index (χ1v) is 5.42. The van der Waals surface area contributed by atoms with Crippen LogP contribution in [-0.2, 0) is 9.47 Å². The molecular formula is C10H18F3NO2. The van der Waals surface area contributed by atoms with Gasteiger partial charge in [-0.1, -0.05) is 0 Å². The van der Waals surface area contributed by atoms with Crippen molar-refractivity contribution in [2.45, 2.75) is 25.1 Å². The molecule has 1 fully saturated rings. The summed E-state index contributed by atoms with van der Waals surface area (Å²) in [5.41, 5.74) is 0. The second-order valence-corrected chi connectivity index (χ2v) is 4.06. The van der Waals surface area contributed by atoms with Gasteiger partial charge < -0.3 is 14.8 Å². The Kier molecular flexibility index (Phi) is 5.51. The van der Waals surface area contributed by atoms with Gasteiger partial charge in [0.1, 0.15) is 6.61 Å². The summed E-state index contributed by atoms with van der Waals surface area (Å²) < 4.78 is 44.8. The summed E-state index contributed by atoms with van der Waals surface area (Å²) in [5.74, 6) is 0.645. The monoisotopic (exact) mass is 241 g/mol. The number of alkyl halides is 3. The molecule has 1 saturated carbocycles. The lowest BCUT2D eigenvalue weighted by Gasteiger charge is -2.35. The summed E-state index contributed by atoms with van der Waals surface area (Å²) >= 11 is 0. The minimum Gasteiger partial charge on any atom is -0.376 e. The van der Waals surface area contributed by atoms with Gasteiger partial charge in [0, 0.05) is 0 Å². The van der Waals surface area contributed by atoms with E-state index in [0.717, 1.165) is 19.4 Å². The van der Waals surface area contributed by atoms with Gasteiger partial charge in [-0.3, -0.25) is 0 Å². The van der Waals surface area contributed by atoms with Crippen molar-refractivity contribution in [3.63, 3.8) is 0 Å². The molecule has 0 bridgehead atoms. The SMILES string of the molecule is CNCC1CC(OCCOCC(F)(F)F)C1. The normalized spacial score (nSPS) is 25.5. The number of hydrogen-bond donors (Lipinski definition) is 1. The van der Waals surface area contributed by atoms with Crippen molar-refractivity contribution in [1.29, 1.82) is 0 Å². The van der Waals surface area contributed by atoms with Crippen molar-refractivity contribution in [2.75, 3.05) is 33.4 Å². The Morgan fingerprint density at radius 3 is 2.50 bits per heavy atom. The van der Waals surface area contributed by atoms with Crippen molar-refractivity contribution < 1.29 is 22.6 Å². The number of ether oxygens (including phenoxy) is 2. The van der Waals surface area contributed by atoms with Crippen LogP contribution in [-0.4, -0.2) is 45.7 Å². The Morgan fingerprint density at radius 2 is 1.94 bits per heavy atom. The molecule has 6 heteroatoms. The fraction of sp³-hybridized carbons (Fsp3) is 1.00. The maximum atomic E-state index is 11.7. The van der Waals surface area contributed by atoms with E-state index in [0.29, 0.717) is 5.92 Å². The van der Waals surface area contributed by atoms with E-state index in [9.17, 15) is 13.2 Å². The summed E-state index contributed by atoms with van der Waals surface area (Å²) in [6, 6.07) is 0. The van der Waals surface area contributed by atoms with Crippen molar-refractivity contribution >= 4 is 0 Å². The predicted octanol–water partition coefficient (Wildman–Crippen LogP) is 1.58. The lowest BCUT2D eigenvalue weighted by atomic mass is 9.82. The van der Waals surface area contributed by atoms with Crippen LogP contribution in [0.15, 0.2) is 0 Å². The van der Waals surface area contributed by atoms with Crippen molar-refractivity contribution in [1.82, 2.24) is 5.32 Å². The first kappa shape index (κ1) is 13.7. The van der Waals surface area contributed by atoms with Crippen molar-refractivity contribution in [2.24, 2.45) is 5.92 Å². The Labute approximate surface area is 93.3 Å². The summed E-state index contributed by atoms with van der Waals surface area (Å²) in [7, 11) is 1.90. The van der Waals surface area contributed by atoms with E-state index < -0.39 is 12.8 Å². The third-order valence-electron chi connectivity index (χ3n) is 2.53. The molecule has 3 nitrogen and oxygen atoms in total. The second kappa shape index (κ2) is 6.42. The fourth-order valence-electron chi connectivity index (χ4n) is 1.73. The lowest BCUT2D eigenvalue weighted by molar-refractivity contribution is -0.178. The molecule has 0 aliphatic heterocycles. The van der Waals surface area contributed by atoms with Crippen LogP contribution in [0.4, 0.5) is 13.2 Å². The first-order valence-electron chi connectivity index (χ1n) is 5.42. The highest BCUT2D eigenvalue weighted by Crippen LogP contribution is 2.29. The number of halogens is 3. The standard InChI is InChI=1S/C10H18F3NO2/c1-14-6-8-4-9(5-8)16-3-2-15-7-10(11,12)13/h8-9,14H,2-7H2,1H3. The molecule has 0 amide bonds. The van der Waals surface area contributed by atoms with Gasteiger partial charge in [-0.15, -0.1) is 0 Å². The predicted molar refractivity (Wildman–Crippen MR) is 53.3 cm³/mol. The molecule has 16 heavy (non-hydrogen) atoms. The number of nitrogens with one attached hydrogen (secondary N) is 1. The van der Waals surface area contributed by atoms with Crippen LogP contribution >= 0.6 is 0 Å². The molecule has 1 aliphatic rings. The average Bonchev–Trinajstić information content (AvgIpc) is 2.11. The summed E-state index contributed by atoms with van der Waals surface area (Å²) in [5, 5.41) is 3.08. The summed E-state index contributed by atoms with van der Waals surface area (Å²) in [6.07, 6.45) is -2.07. The van der Waals surface area contributed by atoms with E-state index in [1.54, 1.807) is 0 Å². The van der Waals surface area contributed by atoms with Gasteiger partial charge in [-0.2, -0.15) is 13.2 Å². The van der Waals surface area contributed by atoms with Gasteiger partial charge in [-0.05, 0) is 32.4 Å². The second-order valence-electron chi connectivity index (χ2n) is 4.06. The smallest absolute Gasteiger partial charge is 0.376 e. The van der Waals surface area contributed by atoms with Gasteiger partial charge in [-0.25, -0.2) is 0 Å². The molecular weight excluding hydrogens is 223 g/mol. The Morgan fingerprint density at radius 1 is 1.25 bits per heavy atom. The van der Waals surface area contributed by atoms with Crippen molar-refractivity contribution in [3.05, 3.63) is 0 Å². The molecule has 0 saturated heterocycles. The summed E-state index contributed by atoms with van der Waals surface area (Å²) in [4.78, 5) is 0. The minimum atomic E-state index is -4.24. The topological polar surface area (TPSA) is 30.5 Å². The third kappa shape index (κ3) is 5.67. The molecule has 0 aromatic heterocycles. The van der Waals surface area contributed by atoms with Gasteiger partial charge in [0.05, 0.1) is 19.3 Å². The highest BCUT2D eigenvalue weighted by molar-refractivity contribution is 4.81. The molecule has 1 rings (SSSR count). The van der Waals surface area contributed by atoms with E-state index in [-0.39, 0.29) is 19.3 Å². The summed E-state index contributed by atoms with van der Waals surface area (Å²) in [6.45, 7) is 0.0353. The molecule has 1 N–H and O–H groups in total. The highest BCUT2D eigenvalue weighted by atomic mass is 19.4. The van der Waals surface area contributed by atoms with Crippen LogP contribution in [0.5, 0.6) is 0 Å². The van der Waals surface area contributed by atoms with E-state index >= 15 is 0 Å². The molecule has 96 valence electrons. The van der Waals surface area contributed by atoms with E-state index in [4.69, 9.17) is 4.74 Å². The minimum absolute atomic E-state index is 0.00665. The van der Waals surface area contributed by atoms with Gasteiger partial charge >= 0.3 is 6.18 Å². The molecule has 0 radical (unpaired) electrons. The Balaban J connectivity index is 1.86. The van der Waals surface area contributed by atoms with E-state index in [1.807, 2.05) is 7.05 Å². The van der Waals surface area contributed by atoms with Crippen LogP contribution in [0.2, 0.25) is 0 Å². The van der Waals surface area contributed by atoms with Gasteiger partial charge in [0.2, 0.25) is 0 Å². The lowest BCUT2D eigenvalue weighted by Crippen LogP contribution is -2.37. The molecule has 0 unspecified atom stereocenters. The van der Waals surface area contributed by atoms with Crippen LogP contribution in [0.25, 0.3) is 0 Å². The van der Waals surface area contributed by atoms with Crippen molar-refractivity contribution in [3.8, 4) is 0 Å². The molecule has 0 spiro atoms. The zero-order valence-electron chi connectivity index (χ0n) is 9.35. The van der Waals surface area contributed by atoms with E-state index in [1.165, 1.54) is 0 Å². The fourth-order valence-corrected chi connectivity index (χ4v) is 1.73. The number of rotatable bonds is 7. The first-order chi connectivity index (χ1) is 7.51. The number of hydrogen-bond acceptors (Lipinski definition) is 3. The van der Waals surface area contributed by atoms with Gasteiger partial charge in [0.15, 0.2) is 0 Å². The Hall–Kier alpha value is -0.330. The highest BCUT2D eigenvalue weighted by Gasteiger charge is 2.29. The molecule has 0 atom stereocenters. The van der Waals surface area contributed by atoms with Crippen LogP contribution in [0, 0.1) is 5.92 Å². The van der Waals surface area contributed by atoms with Crippen LogP contribution in [0.1, 0.15) is 12.8 Å². The molecule has 0 aromatic rings. The molecule has 0 heterocycles. The maximum Gasteiger partial charge on any atom is 0.411 e. The zero-order valence-corrected chi connectivity index (χ0v) is 9.35. The maximum absolute atomic E-state index is 11.7. The van der Waals surface area contributed by atoms with E-state index in [2.05, 4.69) is 10.1 Å². The van der Waals surface area contributed by atoms with Crippen LogP contribution in [0.3, 0.4) is 0 Å². The van der Waals surface area contributed by atoms with Gasteiger partial charge in [0.25, 0.3) is 0 Å². The Bertz CT molecular complexity index is 193. The average molecular weight is 241 g/mol. The zero-order chi connectivity index (χ0) is 12.0. The molecule has 0 aromatic carbocycles. The molecule has 1 aliphatic carbocycles. The van der Waals surface area contributed by atoms with Crippen LogP contribution < -0.4 is 5.32 Å². The third-order valence-corrected chi connectivity index (χ3v) is 2.53. The quantitative estimate of drug-likeness (QED) is 0.686. The largest absolute Gasteiger partial charge is 0.411 e.